The van der Waals surface area contributed by atoms with Crippen LogP contribution in [0.2, 0.25) is 5.02 Å². The van der Waals surface area contributed by atoms with Crippen LogP contribution in [-0.2, 0) is 17.6 Å². The normalized spacial score (nSPS) is 14.2. The van der Waals surface area contributed by atoms with Crippen molar-refractivity contribution in [3.63, 3.8) is 0 Å². The number of hydrogen-bond donors (Lipinski definition) is 2. The Labute approximate surface area is 185 Å². The SMILES string of the molecule is Cc1c(C(=O)Nc2ccccc2Cl)oc2c1/C(=N/NC(=O)Cc1ccccc1)CCC2. The Morgan fingerprint density at radius 3 is 2.58 bits per heavy atom. The Hall–Kier alpha value is -3.38. The molecule has 0 fully saturated rings. The monoisotopic (exact) mass is 435 g/mol. The number of carbonyl (C=O) groups excluding carboxylic acids is 2. The fourth-order valence-corrected chi connectivity index (χ4v) is 3.87. The Balaban J connectivity index is 1.52. The van der Waals surface area contributed by atoms with Crippen LogP contribution >= 0.6 is 11.6 Å². The summed E-state index contributed by atoms with van der Waals surface area (Å²) in [4.78, 5) is 25.1. The number of rotatable bonds is 5. The molecule has 0 aliphatic heterocycles. The van der Waals surface area contributed by atoms with Gasteiger partial charge in [-0.1, -0.05) is 54.1 Å². The van der Waals surface area contributed by atoms with Gasteiger partial charge in [0.05, 0.1) is 22.8 Å². The number of anilines is 1. The van der Waals surface area contributed by atoms with Crippen LogP contribution in [0.1, 0.15) is 45.8 Å². The van der Waals surface area contributed by atoms with Gasteiger partial charge in [-0.3, -0.25) is 9.59 Å². The van der Waals surface area contributed by atoms with Gasteiger partial charge in [-0.25, -0.2) is 5.43 Å². The van der Waals surface area contributed by atoms with E-state index in [1.165, 1.54) is 0 Å². The largest absolute Gasteiger partial charge is 0.455 e. The van der Waals surface area contributed by atoms with E-state index >= 15 is 0 Å². The number of aryl methyl sites for hydroxylation is 1. The molecule has 0 spiro atoms. The molecular weight excluding hydrogens is 414 g/mol. The lowest BCUT2D eigenvalue weighted by Crippen LogP contribution is -2.23. The predicted molar refractivity (Wildman–Crippen MR) is 121 cm³/mol. The van der Waals surface area contributed by atoms with Crippen LogP contribution in [0.5, 0.6) is 0 Å². The lowest BCUT2D eigenvalue weighted by atomic mass is 9.93. The number of hydrogen-bond acceptors (Lipinski definition) is 4. The highest BCUT2D eigenvalue weighted by Crippen LogP contribution is 2.31. The summed E-state index contributed by atoms with van der Waals surface area (Å²) < 4.78 is 5.89. The lowest BCUT2D eigenvalue weighted by Gasteiger charge is -2.13. The molecule has 0 saturated carbocycles. The van der Waals surface area contributed by atoms with Crippen molar-refractivity contribution >= 4 is 34.8 Å². The second-order valence-electron chi connectivity index (χ2n) is 7.40. The minimum Gasteiger partial charge on any atom is -0.455 e. The number of nitrogens with zero attached hydrogens (tertiary/aromatic N) is 1. The van der Waals surface area contributed by atoms with E-state index in [-0.39, 0.29) is 24.0 Å². The van der Waals surface area contributed by atoms with E-state index in [0.717, 1.165) is 23.3 Å². The van der Waals surface area contributed by atoms with Gasteiger partial charge in [-0.05, 0) is 37.5 Å². The number of para-hydroxylation sites is 1. The van der Waals surface area contributed by atoms with Gasteiger partial charge < -0.3 is 9.73 Å². The zero-order valence-electron chi connectivity index (χ0n) is 17.1. The summed E-state index contributed by atoms with van der Waals surface area (Å²) in [6, 6.07) is 16.5. The summed E-state index contributed by atoms with van der Waals surface area (Å²) in [5.74, 6) is 0.385. The minimum atomic E-state index is -0.368. The number of halogens is 1. The molecule has 2 amide bonds. The number of hydrazone groups is 1. The first-order valence-electron chi connectivity index (χ1n) is 10.1. The van der Waals surface area contributed by atoms with E-state index in [1.54, 1.807) is 24.3 Å². The number of benzene rings is 2. The van der Waals surface area contributed by atoms with E-state index in [2.05, 4.69) is 15.8 Å². The summed E-state index contributed by atoms with van der Waals surface area (Å²) in [6.45, 7) is 1.83. The molecule has 0 radical (unpaired) electrons. The van der Waals surface area contributed by atoms with Crippen LogP contribution in [0.25, 0.3) is 0 Å². The van der Waals surface area contributed by atoms with E-state index in [1.807, 2.05) is 37.3 Å². The van der Waals surface area contributed by atoms with Gasteiger partial charge in [0.25, 0.3) is 5.91 Å². The Kier molecular flexibility index (Phi) is 6.18. The zero-order chi connectivity index (χ0) is 21.8. The summed E-state index contributed by atoms with van der Waals surface area (Å²) in [7, 11) is 0. The van der Waals surface area contributed by atoms with Gasteiger partial charge >= 0.3 is 0 Å². The van der Waals surface area contributed by atoms with E-state index < -0.39 is 0 Å². The van der Waals surface area contributed by atoms with Gasteiger partial charge in [0.2, 0.25) is 5.91 Å². The van der Waals surface area contributed by atoms with Crippen molar-refractivity contribution in [2.45, 2.75) is 32.6 Å². The average molecular weight is 436 g/mol. The molecule has 1 aliphatic carbocycles. The van der Waals surface area contributed by atoms with Crippen LogP contribution in [0.3, 0.4) is 0 Å². The highest BCUT2D eigenvalue weighted by Gasteiger charge is 2.28. The number of furan rings is 1. The molecule has 1 heterocycles. The Bertz CT molecular complexity index is 1150. The molecule has 3 aromatic rings. The van der Waals surface area contributed by atoms with Crippen molar-refractivity contribution in [1.82, 2.24) is 5.43 Å². The number of nitrogens with one attached hydrogen (secondary N) is 2. The van der Waals surface area contributed by atoms with Crippen molar-refractivity contribution in [2.24, 2.45) is 5.10 Å². The van der Waals surface area contributed by atoms with Crippen LogP contribution in [0.15, 0.2) is 64.1 Å². The topological polar surface area (TPSA) is 83.7 Å². The maximum Gasteiger partial charge on any atom is 0.291 e. The van der Waals surface area contributed by atoms with Crippen molar-refractivity contribution in [3.05, 3.63) is 87.8 Å². The molecule has 31 heavy (non-hydrogen) atoms. The van der Waals surface area contributed by atoms with Gasteiger partial charge in [0.15, 0.2) is 5.76 Å². The van der Waals surface area contributed by atoms with E-state index in [9.17, 15) is 9.59 Å². The molecule has 7 heteroatoms. The van der Waals surface area contributed by atoms with E-state index in [0.29, 0.717) is 34.9 Å². The van der Waals surface area contributed by atoms with Gasteiger partial charge in [-0.15, -0.1) is 0 Å². The first-order valence-corrected chi connectivity index (χ1v) is 10.5. The third-order valence-corrected chi connectivity index (χ3v) is 5.51. The molecular formula is C24H22ClN3O3. The molecule has 0 unspecified atom stereocenters. The predicted octanol–water partition coefficient (Wildman–Crippen LogP) is 4.89. The first kappa shape index (κ1) is 20.9. The smallest absolute Gasteiger partial charge is 0.291 e. The molecule has 0 atom stereocenters. The second-order valence-corrected chi connectivity index (χ2v) is 7.80. The van der Waals surface area contributed by atoms with Gasteiger partial charge in [-0.2, -0.15) is 5.10 Å². The Morgan fingerprint density at radius 1 is 1.06 bits per heavy atom. The van der Waals surface area contributed by atoms with Crippen LogP contribution in [-0.4, -0.2) is 17.5 Å². The average Bonchev–Trinajstić information content (AvgIpc) is 3.12. The maximum atomic E-state index is 12.8. The van der Waals surface area contributed by atoms with Gasteiger partial charge in [0, 0.05) is 17.5 Å². The summed E-state index contributed by atoms with van der Waals surface area (Å²) in [6.07, 6.45) is 2.50. The molecule has 2 N–H and O–H groups in total. The first-order chi connectivity index (χ1) is 15.0. The van der Waals surface area contributed by atoms with E-state index in [4.69, 9.17) is 16.0 Å². The fraction of sp³-hybridized carbons (Fsp3) is 0.208. The fourth-order valence-electron chi connectivity index (χ4n) is 3.69. The van der Waals surface area contributed by atoms with Crippen molar-refractivity contribution in [2.75, 3.05) is 5.32 Å². The highest BCUT2D eigenvalue weighted by atomic mass is 35.5. The molecule has 2 aromatic carbocycles. The quantitative estimate of drug-likeness (QED) is 0.559. The zero-order valence-corrected chi connectivity index (χ0v) is 17.8. The molecule has 158 valence electrons. The lowest BCUT2D eigenvalue weighted by molar-refractivity contribution is -0.120. The molecule has 6 nitrogen and oxygen atoms in total. The van der Waals surface area contributed by atoms with Crippen LogP contribution in [0, 0.1) is 6.92 Å². The third-order valence-electron chi connectivity index (χ3n) is 5.18. The molecule has 0 saturated heterocycles. The minimum absolute atomic E-state index is 0.191. The van der Waals surface area contributed by atoms with Crippen molar-refractivity contribution < 1.29 is 14.0 Å². The molecule has 0 bridgehead atoms. The number of carbonyl (C=O) groups is 2. The second kappa shape index (κ2) is 9.18. The Morgan fingerprint density at radius 2 is 1.81 bits per heavy atom. The summed E-state index contributed by atoms with van der Waals surface area (Å²) in [5, 5.41) is 7.60. The maximum absolute atomic E-state index is 12.8. The van der Waals surface area contributed by atoms with Crippen LogP contribution in [0.4, 0.5) is 5.69 Å². The van der Waals surface area contributed by atoms with Crippen LogP contribution < -0.4 is 10.7 Å². The summed E-state index contributed by atoms with van der Waals surface area (Å²) in [5.41, 5.74) is 6.31. The molecule has 1 aliphatic rings. The number of amides is 2. The summed E-state index contributed by atoms with van der Waals surface area (Å²) >= 11 is 6.14. The molecule has 4 rings (SSSR count). The number of fused-ring (bicyclic) bond motifs is 1. The third kappa shape index (κ3) is 4.70. The standard InChI is InChI=1S/C24H22ClN3O3/c1-15-22-19(27-28-21(29)14-16-8-3-2-4-9-16)12-7-13-20(22)31-23(15)24(30)26-18-11-6-5-10-17(18)25/h2-6,8-11H,7,12-14H2,1H3,(H,26,30)(H,28,29)/b27-19+. The van der Waals surface area contributed by atoms with Gasteiger partial charge in [0.1, 0.15) is 5.76 Å². The van der Waals surface area contributed by atoms with Crippen molar-refractivity contribution in [3.8, 4) is 0 Å². The highest BCUT2D eigenvalue weighted by molar-refractivity contribution is 6.33. The van der Waals surface area contributed by atoms with Crippen molar-refractivity contribution in [1.29, 1.82) is 0 Å². The molecule has 1 aromatic heterocycles.